The molecule has 0 unspecified atom stereocenters. The Balaban J connectivity index is 2.64. The number of nitrogens with one attached hydrogen (secondary N) is 1. The molecule has 0 bridgehead atoms. The highest BCUT2D eigenvalue weighted by Gasteiger charge is 2.18. The molecule has 5 heteroatoms. The van der Waals surface area contributed by atoms with Crippen LogP contribution in [0.5, 0.6) is 0 Å². The highest BCUT2D eigenvalue weighted by molar-refractivity contribution is 7.78. The standard InChI is InChI=1S/C10H16N2O2S/c1-6(11-5-15)4-9(13)10-7(2)14-8(3)12-10/h5-6,9,13H,4H2,1-3H3,(H,11,15)/t6-,9+/m0/s1. The molecule has 4 nitrogen and oxygen atoms in total. The van der Waals surface area contributed by atoms with Crippen LogP contribution in [0.4, 0.5) is 0 Å². The van der Waals surface area contributed by atoms with Gasteiger partial charge in [0.25, 0.3) is 0 Å². The third-order valence-corrected chi connectivity index (χ3v) is 2.32. The molecule has 1 aromatic heterocycles. The second kappa shape index (κ2) is 5.23. The number of aliphatic hydroxyl groups is 1. The maximum atomic E-state index is 9.90. The summed E-state index contributed by atoms with van der Waals surface area (Å²) in [5.74, 6) is 1.26. The van der Waals surface area contributed by atoms with E-state index in [0.717, 1.165) is 0 Å². The topological polar surface area (TPSA) is 58.3 Å². The van der Waals surface area contributed by atoms with Crippen molar-refractivity contribution in [1.29, 1.82) is 0 Å². The molecule has 0 radical (unpaired) electrons. The quantitative estimate of drug-likeness (QED) is 0.750. The Bertz CT molecular complexity index is 338. The molecule has 0 aliphatic carbocycles. The molecular weight excluding hydrogens is 212 g/mol. The first-order chi connectivity index (χ1) is 7.04. The molecule has 2 N–H and O–H groups in total. The smallest absolute Gasteiger partial charge is 0.191 e. The fraction of sp³-hybridized carbons (Fsp3) is 0.600. The van der Waals surface area contributed by atoms with E-state index in [4.69, 9.17) is 4.42 Å². The highest BCUT2D eigenvalue weighted by Crippen LogP contribution is 2.21. The van der Waals surface area contributed by atoms with Crippen LogP contribution in [0.25, 0.3) is 0 Å². The zero-order valence-electron chi connectivity index (χ0n) is 9.15. The molecule has 0 amide bonds. The summed E-state index contributed by atoms with van der Waals surface area (Å²) in [6.07, 6.45) is -0.0557. The van der Waals surface area contributed by atoms with Crippen molar-refractivity contribution < 1.29 is 9.52 Å². The van der Waals surface area contributed by atoms with Gasteiger partial charge in [-0.3, -0.25) is 0 Å². The lowest BCUT2D eigenvalue weighted by Crippen LogP contribution is -2.25. The maximum absolute atomic E-state index is 9.90. The Labute approximate surface area is 94.7 Å². The van der Waals surface area contributed by atoms with Gasteiger partial charge >= 0.3 is 0 Å². The minimum absolute atomic E-state index is 0.119. The molecule has 0 aliphatic heterocycles. The van der Waals surface area contributed by atoms with Crippen molar-refractivity contribution in [2.75, 3.05) is 0 Å². The maximum Gasteiger partial charge on any atom is 0.191 e. The van der Waals surface area contributed by atoms with E-state index in [0.29, 0.717) is 23.8 Å². The van der Waals surface area contributed by atoms with Gasteiger partial charge in [0, 0.05) is 13.0 Å². The summed E-state index contributed by atoms with van der Waals surface area (Å²) in [5, 5.41) is 12.8. The summed E-state index contributed by atoms with van der Waals surface area (Å²) in [4.78, 5) is 4.14. The Hall–Kier alpha value is -0.940. The predicted molar refractivity (Wildman–Crippen MR) is 61.8 cm³/mol. The molecule has 0 aliphatic rings. The van der Waals surface area contributed by atoms with Crippen LogP contribution >= 0.6 is 12.2 Å². The number of nitrogens with zero attached hydrogens (tertiary/aromatic N) is 1. The summed E-state index contributed by atoms with van der Waals surface area (Å²) in [5.41, 5.74) is 2.07. The normalized spacial score (nSPS) is 14.7. The number of aliphatic hydroxyl groups excluding tert-OH is 1. The summed E-state index contributed by atoms with van der Waals surface area (Å²) >= 11 is 4.68. The SMILES string of the molecule is Cc1nc([C@H](O)C[C@H](C)NC=S)c(C)o1. The number of hydrogen-bond donors (Lipinski definition) is 2. The lowest BCUT2D eigenvalue weighted by Gasteiger charge is -2.14. The number of aromatic nitrogens is 1. The van der Waals surface area contributed by atoms with Crippen LogP contribution in [0.3, 0.4) is 0 Å². The Morgan fingerprint density at radius 2 is 2.27 bits per heavy atom. The van der Waals surface area contributed by atoms with Crippen molar-refractivity contribution in [2.45, 2.75) is 39.3 Å². The minimum Gasteiger partial charge on any atom is -0.446 e. The van der Waals surface area contributed by atoms with E-state index in [1.807, 2.05) is 6.92 Å². The second-order valence-electron chi connectivity index (χ2n) is 3.61. The van der Waals surface area contributed by atoms with Gasteiger partial charge in [0.2, 0.25) is 0 Å². The van der Waals surface area contributed by atoms with E-state index in [2.05, 4.69) is 22.5 Å². The number of hydrogen-bond acceptors (Lipinski definition) is 4. The first kappa shape index (κ1) is 12.1. The van der Waals surface area contributed by atoms with Crippen molar-refractivity contribution in [2.24, 2.45) is 0 Å². The Morgan fingerprint density at radius 1 is 1.60 bits per heavy atom. The first-order valence-electron chi connectivity index (χ1n) is 4.86. The fourth-order valence-corrected chi connectivity index (χ4v) is 1.72. The average Bonchev–Trinajstić information content (AvgIpc) is 2.45. The van der Waals surface area contributed by atoms with Crippen LogP contribution in [0.2, 0.25) is 0 Å². The molecule has 1 aromatic rings. The van der Waals surface area contributed by atoms with Gasteiger partial charge in [-0.1, -0.05) is 12.2 Å². The van der Waals surface area contributed by atoms with Gasteiger partial charge in [0.05, 0.1) is 5.49 Å². The average molecular weight is 228 g/mol. The third-order valence-electron chi connectivity index (χ3n) is 2.18. The minimum atomic E-state index is -0.611. The molecule has 2 atom stereocenters. The van der Waals surface area contributed by atoms with Crippen molar-refractivity contribution in [3.63, 3.8) is 0 Å². The van der Waals surface area contributed by atoms with E-state index in [1.165, 1.54) is 5.49 Å². The lowest BCUT2D eigenvalue weighted by atomic mass is 10.1. The molecular formula is C10H16N2O2S. The van der Waals surface area contributed by atoms with Gasteiger partial charge in [-0.15, -0.1) is 0 Å². The zero-order valence-corrected chi connectivity index (χ0v) is 9.97. The van der Waals surface area contributed by atoms with Crippen LogP contribution in [0.1, 0.15) is 36.8 Å². The lowest BCUT2D eigenvalue weighted by molar-refractivity contribution is 0.152. The highest BCUT2D eigenvalue weighted by atomic mass is 32.1. The monoisotopic (exact) mass is 228 g/mol. The molecule has 1 rings (SSSR count). The molecule has 0 saturated heterocycles. The summed E-state index contributed by atoms with van der Waals surface area (Å²) in [6, 6.07) is 0.119. The van der Waals surface area contributed by atoms with Crippen LogP contribution in [-0.4, -0.2) is 21.6 Å². The predicted octanol–water partition coefficient (Wildman–Crippen LogP) is 1.65. The van der Waals surface area contributed by atoms with Crippen molar-refractivity contribution in [3.05, 3.63) is 17.3 Å². The molecule has 0 aromatic carbocycles. The zero-order chi connectivity index (χ0) is 11.4. The van der Waals surface area contributed by atoms with E-state index in [9.17, 15) is 5.11 Å². The van der Waals surface area contributed by atoms with E-state index < -0.39 is 6.10 Å². The molecule has 0 fully saturated rings. The van der Waals surface area contributed by atoms with Crippen LogP contribution in [-0.2, 0) is 0 Å². The van der Waals surface area contributed by atoms with Crippen LogP contribution < -0.4 is 5.32 Å². The van der Waals surface area contributed by atoms with Gasteiger partial charge in [-0.25, -0.2) is 4.98 Å². The van der Waals surface area contributed by atoms with Gasteiger partial charge in [0.15, 0.2) is 5.89 Å². The van der Waals surface area contributed by atoms with E-state index in [1.54, 1.807) is 13.8 Å². The molecule has 1 heterocycles. The van der Waals surface area contributed by atoms with E-state index >= 15 is 0 Å². The van der Waals surface area contributed by atoms with Gasteiger partial charge in [-0.05, 0) is 20.3 Å². The fourth-order valence-electron chi connectivity index (χ4n) is 1.48. The Kier molecular flexibility index (Phi) is 4.23. The molecule has 0 spiro atoms. The van der Waals surface area contributed by atoms with Gasteiger partial charge in [-0.2, -0.15) is 0 Å². The number of rotatable bonds is 5. The number of aryl methyl sites for hydroxylation is 2. The van der Waals surface area contributed by atoms with Crippen LogP contribution in [0.15, 0.2) is 4.42 Å². The van der Waals surface area contributed by atoms with Crippen LogP contribution in [0, 0.1) is 13.8 Å². The molecule has 0 saturated carbocycles. The second-order valence-corrected chi connectivity index (χ2v) is 3.85. The first-order valence-corrected chi connectivity index (χ1v) is 5.33. The summed E-state index contributed by atoms with van der Waals surface area (Å²) in [6.45, 7) is 5.52. The summed E-state index contributed by atoms with van der Waals surface area (Å²) < 4.78 is 5.26. The number of thiocarbonyl (C=S) groups is 1. The van der Waals surface area contributed by atoms with Gasteiger partial charge < -0.3 is 14.8 Å². The number of oxazole rings is 1. The van der Waals surface area contributed by atoms with Crippen molar-refractivity contribution in [1.82, 2.24) is 10.3 Å². The third kappa shape index (κ3) is 3.28. The van der Waals surface area contributed by atoms with E-state index in [-0.39, 0.29) is 6.04 Å². The largest absolute Gasteiger partial charge is 0.446 e. The van der Waals surface area contributed by atoms with Crippen molar-refractivity contribution in [3.8, 4) is 0 Å². The van der Waals surface area contributed by atoms with Gasteiger partial charge in [0.1, 0.15) is 17.6 Å². The van der Waals surface area contributed by atoms with Crippen molar-refractivity contribution >= 4 is 17.7 Å². The summed E-state index contributed by atoms with van der Waals surface area (Å²) in [7, 11) is 0. The Morgan fingerprint density at radius 3 is 2.73 bits per heavy atom. The molecule has 15 heavy (non-hydrogen) atoms. The molecule has 84 valence electrons.